The maximum atomic E-state index is 13.5. The highest BCUT2D eigenvalue weighted by molar-refractivity contribution is 6.00. The zero-order valence-electron chi connectivity index (χ0n) is 18.0. The molecule has 0 saturated heterocycles. The largest absolute Gasteiger partial charge is 0.507 e. The number of pyridine rings is 1. The fraction of sp³-hybridized carbons (Fsp3) is 0.120. The van der Waals surface area contributed by atoms with E-state index in [1.165, 1.54) is 0 Å². The molecule has 2 aromatic heterocycles. The van der Waals surface area contributed by atoms with Crippen LogP contribution in [0.5, 0.6) is 11.5 Å². The summed E-state index contributed by atoms with van der Waals surface area (Å²) in [5.41, 5.74) is 8.95. The van der Waals surface area contributed by atoms with Crippen LogP contribution in [0.25, 0.3) is 11.3 Å². The number of aromatic amines is 1. The third-order valence-electron chi connectivity index (χ3n) is 5.68. The number of rotatable bonds is 7. The van der Waals surface area contributed by atoms with Gasteiger partial charge in [-0.05, 0) is 41.5 Å². The fourth-order valence-corrected chi connectivity index (χ4v) is 4.17. The average molecular weight is 455 g/mol. The number of nitrogens with zero attached hydrogens (tertiary/aromatic N) is 3. The van der Waals surface area contributed by atoms with Crippen molar-refractivity contribution in [1.29, 1.82) is 0 Å². The summed E-state index contributed by atoms with van der Waals surface area (Å²) < 4.78 is 5.38. The van der Waals surface area contributed by atoms with E-state index in [4.69, 9.17) is 10.5 Å². The number of nitrogens with two attached hydrogens (primary N) is 1. The van der Waals surface area contributed by atoms with E-state index in [0.29, 0.717) is 34.8 Å². The molecule has 3 heterocycles. The monoisotopic (exact) mass is 455 g/mol. The molecule has 4 N–H and O–H groups in total. The summed E-state index contributed by atoms with van der Waals surface area (Å²) in [6.07, 6.45) is 3.40. The first-order valence-electron chi connectivity index (χ1n) is 10.6. The SMILES string of the molecule is NC(=O)COc1ccc(C2c3c(-c4ccccc4O)n[nH]c3C(=O)N2Cc2cccnc2)cc1. The highest BCUT2D eigenvalue weighted by Crippen LogP contribution is 2.45. The zero-order valence-corrected chi connectivity index (χ0v) is 18.0. The van der Waals surface area contributed by atoms with E-state index in [-0.39, 0.29) is 18.3 Å². The number of amides is 2. The molecule has 0 fully saturated rings. The van der Waals surface area contributed by atoms with E-state index in [9.17, 15) is 14.7 Å². The molecule has 0 radical (unpaired) electrons. The maximum Gasteiger partial charge on any atom is 0.273 e. The molecule has 5 rings (SSSR count). The summed E-state index contributed by atoms with van der Waals surface area (Å²) in [5, 5.41) is 17.7. The first kappa shape index (κ1) is 21.2. The van der Waals surface area contributed by atoms with Crippen LogP contribution in [-0.2, 0) is 11.3 Å². The Morgan fingerprint density at radius 3 is 2.62 bits per heavy atom. The van der Waals surface area contributed by atoms with Crippen LogP contribution in [0.2, 0.25) is 0 Å². The number of fused-ring (bicyclic) bond motifs is 1. The Bertz CT molecular complexity index is 1350. The van der Waals surface area contributed by atoms with Gasteiger partial charge in [0, 0.05) is 30.1 Å². The summed E-state index contributed by atoms with van der Waals surface area (Å²) in [6, 6.07) is 17.3. The van der Waals surface area contributed by atoms with E-state index in [0.717, 1.165) is 11.1 Å². The topological polar surface area (TPSA) is 134 Å². The van der Waals surface area contributed by atoms with Gasteiger partial charge in [0.1, 0.15) is 22.9 Å². The fourth-order valence-electron chi connectivity index (χ4n) is 4.17. The quantitative estimate of drug-likeness (QED) is 0.392. The Hall–Kier alpha value is -4.66. The number of phenolic OH excluding ortho intramolecular Hbond substituents is 1. The molecule has 1 aliphatic rings. The molecule has 4 aromatic rings. The highest BCUT2D eigenvalue weighted by atomic mass is 16.5. The van der Waals surface area contributed by atoms with Gasteiger partial charge in [-0.15, -0.1) is 0 Å². The number of primary amides is 1. The van der Waals surface area contributed by atoms with Gasteiger partial charge in [0.15, 0.2) is 6.61 Å². The number of carbonyl (C=O) groups is 2. The van der Waals surface area contributed by atoms with Crippen LogP contribution >= 0.6 is 0 Å². The van der Waals surface area contributed by atoms with E-state index in [1.54, 1.807) is 53.7 Å². The molecule has 1 aliphatic heterocycles. The number of hydrogen-bond acceptors (Lipinski definition) is 6. The van der Waals surface area contributed by atoms with Gasteiger partial charge in [0.05, 0.1) is 6.04 Å². The van der Waals surface area contributed by atoms with E-state index in [1.807, 2.05) is 24.3 Å². The summed E-state index contributed by atoms with van der Waals surface area (Å²) in [5.74, 6) is -0.210. The number of benzene rings is 2. The van der Waals surface area contributed by atoms with Crippen LogP contribution in [0.1, 0.15) is 33.2 Å². The van der Waals surface area contributed by atoms with Gasteiger partial charge < -0.3 is 20.5 Å². The molecule has 170 valence electrons. The number of ether oxygens (including phenoxy) is 1. The lowest BCUT2D eigenvalue weighted by molar-refractivity contribution is -0.119. The van der Waals surface area contributed by atoms with Crippen molar-refractivity contribution in [2.45, 2.75) is 12.6 Å². The van der Waals surface area contributed by atoms with Gasteiger partial charge in [-0.3, -0.25) is 19.7 Å². The lowest BCUT2D eigenvalue weighted by Gasteiger charge is -2.26. The van der Waals surface area contributed by atoms with Crippen LogP contribution in [0.3, 0.4) is 0 Å². The number of hydrogen-bond donors (Lipinski definition) is 3. The summed E-state index contributed by atoms with van der Waals surface area (Å²) in [6.45, 7) is 0.109. The molecule has 2 aromatic carbocycles. The molecule has 9 heteroatoms. The standard InChI is InChI=1S/C25H21N5O4/c26-20(32)14-34-17-9-7-16(8-10-17)24-21-22(18-5-1-2-6-19(18)31)28-29-23(21)25(33)30(24)13-15-4-3-11-27-12-15/h1-12,24,31H,13-14H2,(H2,26,32)(H,28,29). The molecule has 0 bridgehead atoms. The van der Waals surface area contributed by atoms with E-state index < -0.39 is 11.9 Å². The van der Waals surface area contributed by atoms with Gasteiger partial charge in [0.25, 0.3) is 11.8 Å². The Morgan fingerprint density at radius 1 is 1.12 bits per heavy atom. The first-order chi connectivity index (χ1) is 16.5. The van der Waals surface area contributed by atoms with Crippen molar-refractivity contribution in [2.24, 2.45) is 5.73 Å². The van der Waals surface area contributed by atoms with Gasteiger partial charge in [-0.25, -0.2) is 0 Å². The summed E-state index contributed by atoms with van der Waals surface area (Å²) in [4.78, 5) is 30.4. The average Bonchev–Trinajstić information content (AvgIpc) is 3.38. The van der Waals surface area contributed by atoms with Crippen LogP contribution in [-0.4, -0.2) is 43.6 Å². The number of H-pyrrole nitrogens is 1. The van der Waals surface area contributed by atoms with Crippen molar-refractivity contribution in [1.82, 2.24) is 20.1 Å². The minimum Gasteiger partial charge on any atom is -0.507 e. The van der Waals surface area contributed by atoms with E-state index >= 15 is 0 Å². The second-order valence-corrected chi connectivity index (χ2v) is 7.90. The number of aromatic nitrogens is 3. The first-order valence-corrected chi connectivity index (χ1v) is 10.6. The second kappa shape index (κ2) is 8.70. The van der Waals surface area contributed by atoms with Crippen LogP contribution in [0.4, 0.5) is 0 Å². The normalized spacial score (nSPS) is 14.8. The van der Waals surface area contributed by atoms with Crippen molar-refractivity contribution < 1.29 is 19.4 Å². The number of para-hydroxylation sites is 1. The van der Waals surface area contributed by atoms with Gasteiger partial charge in [-0.2, -0.15) is 5.10 Å². The Kier molecular flexibility index (Phi) is 5.43. The maximum absolute atomic E-state index is 13.5. The molecule has 1 atom stereocenters. The summed E-state index contributed by atoms with van der Waals surface area (Å²) >= 11 is 0. The van der Waals surface area contributed by atoms with Crippen molar-refractivity contribution in [3.05, 3.63) is 95.4 Å². The predicted octanol–water partition coefficient (Wildman–Crippen LogP) is 2.79. The third-order valence-corrected chi connectivity index (χ3v) is 5.68. The molecule has 2 amide bonds. The number of phenols is 1. The number of aromatic hydroxyl groups is 1. The smallest absolute Gasteiger partial charge is 0.273 e. The molecule has 0 spiro atoms. The lowest BCUT2D eigenvalue weighted by Crippen LogP contribution is -2.29. The number of carbonyl (C=O) groups excluding carboxylic acids is 2. The van der Waals surface area contributed by atoms with Gasteiger partial charge >= 0.3 is 0 Å². The third kappa shape index (κ3) is 3.83. The number of nitrogens with one attached hydrogen (secondary N) is 1. The highest BCUT2D eigenvalue weighted by Gasteiger charge is 2.42. The minimum atomic E-state index is -0.566. The molecule has 1 unspecified atom stereocenters. The lowest BCUT2D eigenvalue weighted by atomic mass is 9.95. The van der Waals surface area contributed by atoms with Crippen molar-refractivity contribution in [3.63, 3.8) is 0 Å². The Labute approximate surface area is 194 Å². The molecule has 0 saturated carbocycles. The van der Waals surface area contributed by atoms with Gasteiger partial charge in [0.2, 0.25) is 0 Å². The Balaban J connectivity index is 1.59. The van der Waals surface area contributed by atoms with Gasteiger partial charge in [-0.1, -0.05) is 30.3 Å². The second-order valence-electron chi connectivity index (χ2n) is 7.90. The predicted molar refractivity (Wildman–Crippen MR) is 123 cm³/mol. The van der Waals surface area contributed by atoms with Crippen molar-refractivity contribution in [3.8, 4) is 22.8 Å². The minimum absolute atomic E-state index is 0.0731. The summed E-state index contributed by atoms with van der Waals surface area (Å²) in [7, 11) is 0. The van der Waals surface area contributed by atoms with E-state index in [2.05, 4.69) is 15.2 Å². The van der Waals surface area contributed by atoms with Crippen molar-refractivity contribution >= 4 is 11.8 Å². The molecular weight excluding hydrogens is 434 g/mol. The van der Waals surface area contributed by atoms with Crippen molar-refractivity contribution in [2.75, 3.05) is 6.61 Å². The van der Waals surface area contributed by atoms with Crippen LogP contribution in [0, 0.1) is 0 Å². The zero-order chi connectivity index (χ0) is 23.7. The van der Waals surface area contributed by atoms with Crippen LogP contribution in [0.15, 0.2) is 73.1 Å². The Morgan fingerprint density at radius 2 is 1.91 bits per heavy atom. The molecule has 0 aliphatic carbocycles. The molecule has 34 heavy (non-hydrogen) atoms. The van der Waals surface area contributed by atoms with Crippen LogP contribution < -0.4 is 10.5 Å². The molecular formula is C25H21N5O4. The molecule has 9 nitrogen and oxygen atoms in total.